The Morgan fingerprint density at radius 3 is 2.28 bits per heavy atom. The van der Waals surface area contributed by atoms with Crippen LogP contribution in [0.4, 0.5) is 16.3 Å². The third kappa shape index (κ3) is 7.71. The smallest absolute Gasteiger partial charge is 0.351 e. The molecule has 4 atom stereocenters. The zero-order chi connectivity index (χ0) is 36.6. The molecule has 3 heterocycles. The predicted molar refractivity (Wildman–Crippen MR) is 173 cm³/mol. The number of ether oxygens (including phenoxy) is 6. The number of nitrogens with two attached hydrogens (primary N) is 1. The molecule has 3 N–H and O–H groups in total. The number of nitrogens with zero attached hydrogens (tertiary/aromatic N) is 3. The lowest BCUT2D eigenvalue weighted by molar-refractivity contribution is -0.200. The summed E-state index contributed by atoms with van der Waals surface area (Å²) in [4.78, 5) is 82.7. The maximum atomic E-state index is 13.7. The summed E-state index contributed by atoms with van der Waals surface area (Å²) in [6.45, 7) is 5.19. The molecular weight excluding hydrogens is 658 g/mol. The number of benzene rings is 1. The first-order valence-corrected chi connectivity index (χ1v) is 15.8. The summed E-state index contributed by atoms with van der Waals surface area (Å²) in [6.07, 6.45) is 2.73. The number of nitrogen functional groups attached to an aromatic ring is 1. The SMILES string of the molecule is C#C[C@@]1(OC(C)=O)[C@@H](COC(Cc2ccc(N3CCCNC3=O)cc2)(C(=O)OCC)C(=O)OCC)O[C@@H](n2ccc(N)nc2=O)[C@@H]1OC(C)=O. The Kier molecular flexibility index (Phi) is 11.8. The number of terminal acetylenes is 1. The molecule has 0 aliphatic carbocycles. The Morgan fingerprint density at radius 1 is 1.08 bits per heavy atom. The van der Waals surface area contributed by atoms with Gasteiger partial charge in [-0.1, -0.05) is 18.1 Å². The van der Waals surface area contributed by atoms with Crippen molar-refractivity contribution in [1.29, 1.82) is 0 Å². The van der Waals surface area contributed by atoms with Gasteiger partial charge < -0.3 is 39.5 Å². The molecule has 1 aromatic heterocycles. The lowest BCUT2D eigenvalue weighted by Gasteiger charge is -2.35. The maximum Gasteiger partial charge on any atom is 0.351 e. The fraction of sp³-hybridized carbons (Fsp3) is 0.485. The van der Waals surface area contributed by atoms with Crippen molar-refractivity contribution >= 4 is 41.4 Å². The number of rotatable bonds is 13. The Hall–Kier alpha value is -5.47. The van der Waals surface area contributed by atoms with Crippen molar-refractivity contribution in [3.63, 3.8) is 0 Å². The minimum atomic E-state index is -2.47. The van der Waals surface area contributed by atoms with Crippen LogP contribution in [0.3, 0.4) is 0 Å². The zero-order valence-electron chi connectivity index (χ0n) is 28.0. The summed E-state index contributed by atoms with van der Waals surface area (Å²) in [5.41, 5.74) is 1.01. The average Bonchev–Trinajstić information content (AvgIpc) is 3.35. The monoisotopic (exact) mass is 697 g/mol. The number of carbonyl (C=O) groups excluding carboxylic acids is 5. The number of esters is 4. The van der Waals surface area contributed by atoms with Gasteiger partial charge in [-0.15, -0.1) is 6.42 Å². The molecule has 2 amide bonds. The molecule has 0 unspecified atom stereocenters. The van der Waals surface area contributed by atoms with Crippen LogP contribution in [0.1, 0.15) is 45.9 Å². The molecule has 2 fully saturated rings. The molecule has 2 saturated heterocycles. The maximum absolute atomic E-state index is 13.7. The van der Waals surface area contributed by atoms with Crippen LogP contribution < -0.4 is 21.6 Å². The van der Waals surface area contributed by atoms with E-state index in [0.29, 0.717) is 24.3 Å². The average molecular weight is 698 g/mol. The first kappa shape index (κ1) is 37.4. The van der Waals surface area contributed by atoms with E-state index in [4.69, 9.17) is 40.6 Å². The Labute approximate surface area is 287 Å². The highest BCUT2D eigenvalue weighted by Gasteiger charge is 2.63. The summed E-state index contributed by atoms with van der Waals surface area (Å²) >= 11 is 0. The third-order valence-corrected chi connectivity index (χ3v) is 7.89. The normalized spacial score (nSPS) is 21.8. The number of hydrogen-bond donors (Lipinski definition) is 2. The highest BCUT2D eigenvalue weighted by Crippen LogP contribution is 2.42. The van der Waals surface area contributed by atoms with Gasteiger partial charge >= 0.3 is 35.6 Å². The molecule has 1 aromatic carbocycles. The minimum Gasteiger partial charge on any atom is -0.463 e. The Balaban J connectivity index is 1.77. The first-order valence-electron chi connectivity index (χ1n) is 15.8. The summed E-state index contributed by atoms with van der Waals surface area (Å²) in [5, 5.41) is 2.77. The van der Waals surface area contributed by atoms with E-state index >= 15 is 0 Å². The molecule has 2 aliphatic heterocycles. The molecule has 0 bridgehead atoms. The van der Waals surface area contributed by atoms with Gasteiger partial charge in [0, 0.05) is 45.2 Å². The van der Waals surface area contributed by atoms with Crippen molar-refractivity contribution in [2.75, 3.05) is 43.5 Å². The zero-order valence-corrected chi connectivity index (χ0v) is 28.0. The van der Waals surface area contributed by atoms with Crippen LogP contribution in [0.15, 0.2) is 41.3 Å². The minimum absolute atomic E-state index is 0.114. The second-order valence-electron chi connectivity index (χ2n) is 11.3. The Morgan fingerprint density at radius 2 is 1.74 bits per heavy atom. The van der Waals surface area contributed by atoms with E-state index in [1.807, 2.05) is 0 Å². The summed E-state index contributed by atoms with van der Waals surface area (Å²) < 4.78 is 34.9. The summed E-state index contributed by atoms with van der Waals surface area (Å²) in [6, 6.07) is 7.53. The van der Waals surface area contributed by atoms with E-state index < -0.39 is 72.2 Å². The fourth-order valence-electron chi connectivity index (χ4n) is 5.69. The molecule has 2 aromatic rings. The lowest BCUT2D eigenvalue weighted by atomic mass is 9.91. The summed E-state index contributed by atoms with van der Waals surface area (Å²) in [7, 11) is 0. The molecule has 17 heteroatoms. The second-order valence-corrected chi connectivity index (χ2v) is 11.3. The van der Waals surface area contributed by atoms with E-state index in [9.17, 15) is 28.8 Å². The molecule has 4 rings (SSSR count). The number of anilines is 2. The fourth-order valence-corrected chi connectivity index (χ4v) is 5.69. The van der Waals surface area contributed by atoms with Crippen LogP contribution in [0, 0.1) is 12.3 Å². The molecule has 0 spiro atoms. The van der Waals surface area contributed by atoms with E-state index in [-0.39, 0.29) is 25.1 Å². The largest absolute Gasteiger partial charge is 0.463 e. The third-order valence-electron chi connectivity index (χ3n) is 7.89. The second kappa shape index (κ2) is 15.8. The van der Waals surface area contributed by atoms with Gasteiger partial charge in [-0.05, 0) is 44.0 Å². The van der Waals surface area contributed by atoms with Crippen LogP contribution in [0.5, 0.6) is 0 Å². The van der Waals surface area contributed by atoms with Crippen molar-refractivity contribution in [1.82, 2.24) is 14.9 Å². The van der Waals surface area contributed by atoms with Gasteiger partial charge in [-0.3, -0.25) is 19.1 Å². The molecular formula is C33H39N5O12. The number of urea groups is 1. The molecule has 50 heavy (non-hydrogen) atoms. The van der Waals surface area contributed by atoms with Gasteiger partial charge in [0.2, 0.25) is 11.7 Å². The van der Waals surface area contributed by atoms with Gasteiger partial charge in [-0.25, -0.2) is 19.2 Å². The van der Waals surface area contributed by atoms with Crippen LogP contribution in [0.2, 0.25) is 0 Å². The molecule has 268 valence electrons. The van der Waals surface area contributed by atoms with Gasteiger partial charge in [0.25, 0.3) is 5.60 Å². The highest BCUT2D eigenvalue weighted by molar-refractivity contribution is 6.04. The van der Waals surface area contributed by atoms with Crippen molar-refractivity contribution in [2.45, 2.75) is 70.2 Å². The number of aromatic nitrogens is 2. The molecule has 17 nitrogen and oxygen atoms in total. The number of carbonyl (C=O) groups is 5. The van der Waals surface area contributed by atoms with Crippen LogP contribution in [-0.4, -0.2) is 95.8 Å². The van der Waals surface area contributed by atoms with Crippen molar-refractivity contribution in [3.8, 4) is 12.3 Å². The Bertz CT molecular complexity index is 1690. The lowest BCUT2D eigenvalue weighted by Crippen LogP contribution is -2.57. The first-order chi connectivity index (χ1) is 23.8. The number of nitrogens with one attached hydrogen (secondary N) is 1. The van der Waals surface area contributed by atoms with Gasteiger partial charge in [0.05, 0.1) is 19.8 Å². The van der Waals surface area contributed by atoms with Gasteiger partial charge in [0.15, 0.2) is 6.23 Å². The van der Waals surface area contributed by atoms with E-state index in [0.717, 1.165) is 24.8 Å². The van der Waals surface area contributed by atoms with Crippen molar-refractivity contribution < 1.29 is 52.4 Å². The quantitative estimate of drug-likeness (QED) is 0.127. The van der Waals surface area contributed by atoms with Crippen molar-refractivity contribution in [3.05, 3.63) is 52.6 Å². The van der Waals surface area contributed by atoms with E-state index in [1.54, 1.807) is 29.2 Å². The van der Waals surface area contributed by atoms with Gasteiger partial charge in [0.1, 0.15) is 11.9 Å². The van der Waals surface area contributed by atoms with Crippen LogP contribution in [0.25, 0.3) is 0 Å². The van der Waals surface area contributed by atoms with Crippen LogP contribution >= 0.6 is 0 Å². The topological polar surface area (TPSA) is 217 Å². The van der Waals surface area contributed by atoms with Gasteiger partial charge in [-0.2, -0.15) is 4.98 Å². The van der Waals surface area contributed by atoms with E-state index in [2.05, 4.69) is 16.2 Å². The molecule has 0 saturated carbocycles. The molecule has 2 aliphatic rings. The van der Waals surface area contributed by atoms with Crippen molar-refractivity contribution in [2.24, 2.45) is 0 Å². The predicted octanol–water partition coefficient (Wildman–Crippen LogP) is 0.634. The van der Waals surface area contributed by atoms with E-state index in [1.165, 1.54) is 26.1 Å². The number of hydrogen-bond acceptors (Lipinski definition) is 14. The number of amides is 2. The molecule has 0 radical (unpaired) electrons. The summed E-state index contributed by atoms with van der Waals surface area (Å²) in [5.74, 6) is -1.79. The van der Waals surface area contributed by atoms with Crippen LogP contribution in [-0.2, 0) is 54.0 Å². The highest BCUT2D eigenvalue weighted by atomic mass is 16.7. The standard InChI is InChI=1S/C33H39N5O12/c1-6-32(50-21(5)40)24(49-27(26(32)48-20(4)39)38-17-14-25(34)36-31(38)44)19-47-33(28(41)45-7-2,29(42)46-8-3)18-22-10-12-23(13-11-22)37-16-9-15-35-30(37)43/h1,10-14,17,24,26-27H,7-9,15-16,18-19H2,2-5H3,(H,35,43)(H2,34,36,44)/t24-,26+,27-,32-/m1/s1.